The van der Waals surface area contributed by atoms with Crippen LogP contribution in [0, 0.1) is 23.3 Å². The number of ether oxygens (including phenoxy) is 1. The van der Waals surface area contributed by atoms with E-state index in [4.69, 9.17) is 4.74 Å². The Labute approximate surface area is 112 Å². The van der Waals surface area contributed by atoms with Crippen molar-refractivity contribution in [1.82, 2.24) is 0 Å². The minimum atomic E-state index is -1.75. The Morgan fingerprint density at radius 1 is 0.900 bits per heavy atom. The van der Waals surface area contributed by atoms with E-state index in [-0.39, 0.29) is 5.56 Å². The molecule has 0 radical (unpaired) electrons. The number of halogens is 4. The van der Waals surface area contributed by atoms with Crippen LogP contribution < -0.4 is 0 Å². The second-order valence-electron chi connectivity index (χ2n) is 4.06. The molecule has 1 N–H and O–H groups in total. The topological polar surface area (TPSA) is 29.5 Å². The van der Waals surface area contributed by atoms with Gasteiger partial charge in [0.15, 0.2) is 6.29 Å². The van der Waals surface area contributed by atoms with Gasteiger partial charge in [-0.3, -0.25) is 0 Å². The molecule has 0 spiro atoms. The Morgan fingerprint density at radius 3 is 2.25 bits per heavy atom. The fourth-order valence-corrected chi connectivity index (χ4v) is 1.60. The van der Waals surface area contributed by atoms with Crippen molar-refractivity contribution in [2.45, 2.75) is 12.9 Å². The van der Waals surface area contributed by atoms with E-state index in [2.05, 4.69) is 0 Å². The van der Waals surface area contributed by atoms with Gasteiger partial charge in [0.2, 0.25) is 0 Å². The van der Waals surface area contributed by atoms with E-state index in [1.54, 1.807) is 0 Å². The molecule has 2 rings (SSSR count). The molecule has 20 heavy (non-hydrogen) atoms. The number of rotatable bonds is 4. The molecule has 106 valence electrons. The molecular formula is C14H10F4O2. The van der Waals surface area contributed by atoms with E-state index in [0.29, 0.717) is 6.07 Å². The average Bonchev–Trinajstić information content (AvgIpc) is 2.40. The lowest BCUT2D eigenvalue weighted by atomic mass is 10.2. The lowest BCUT2D eigenvalue weighted by Crippen LogP contribution is -2.07. The normalized spacial score (nSPS) is 12.4. The van der Waals surface area contributed by atoms with Crippen LogP contribution in [0.2, 0.25) is 0 Å². The van der Waals surface area contributed by atoms with Crippen molar-refractivity contribution in [3.8, 4) is 0 Å². The molecule has 0 saturated carbocycles. The van der Waals surface area contributed by atoms with Crippen LogP contribution in [0.5, 0.6) is 0 Å². The fourth-order valence-electron chi connectivity index (χ4n) is 1.60. The molecule has 2 aromatic carbocycles. The standard InChI is InChI=1S/C14H10F4O2/c15-9-3-4-12(17)11(5-9)14(19)20-7-8-1-2-10(16)6-13(8)18/h1-6,14,19H,7H2. The van der Waals surface area contributed by atoms with Gasteiger partial charge < -0.3 is 9.84 Å². The molecule has 0 fully saturated rings. The van der Waals surface area contributed by atoms with Crippen molar-refractivity contribution >= 4 is 0 Å². The highest BCUT2D eigenvalue weighted by Gasteiger charge is 2.15. The van der Waals surface area contributed by atoms with Crippen molar-refractivity contribution in [3.05, 3.63) is 70.8 Å². The van der Waals surface area contributed by atoms with E-state index in [1.807, 2.05) is 0 Å². The SMILES string of the molecule is OC(OCc1ccc(F)cc1F)c1cc(F)ccc1F. The third-order valence-electron chi connectivity index (χ3n) is 2.64. The van der Waals surface area contributed by atoms with Gasteiger partial charge in [-0.1, -0.05) is 6.07 Å². The van der Waals surface area contributed by atoms with E-state index in [1.165, 1.54) is 0 Å². The molecule has 0 aliphatic rings. The van der Waals surface area contributed by atoms with Gasteiger partial charge in [0.25, 0.3) is 0 Å². The third kappa shape index (κ3) is 3.34. The van der Waals surface area contributed by atoms with Crippen molar-refractivity contribution in [2.24, 2.45) is 0 Å². The molecule has 0 bridgehead atoms. The lowest BCUT2D eigenvalue weighted by Gasteiger charge is -2.13. The highest BCUT2D eigenvalue weighted by atomic mass is 19.1. The van der Waals surface area contributed by atoms with Crippen molar-refractivity contribution < 1.29 is 27.4 Å². The molecule has 0 aliphatic carbocycles. The number of benzene rings is 2. The van der Waals surface area contributed by atoms with Crippen molar-refractivity contribution in [3.63, 3.8) is 0 Å². The molecule has 0 amide bonds. The molecule has 6 heteroatoms. The fraction of sp³-hybridized carbons (Fsp3) is 0.143. The summed E-state index contributed by atoms with van der Waals surface area (Å²) in [6, 6.07) is 5.34. The Hall–Kier alpha value is -1.92. The Bertz CT molecular complexity index is 616. The van der Waals surface area contributed by atoms with Crippen LogP contribution in [0.4, 0.5) is 17.6 Å². The largest absolute Gasteiger partial charge is 0.364 e. The number of hydrogen-bond donors (Lipinski definition) is 1. The minimum absolute atomic E-state index is 0.0118. The zero-order valence-electron chi connectivity index (χ0n) is 10.1. The van der Waals surface area contributed by atoms with Crippen LogP contribution in [0.25, 0.3) is 0 Å². The molecule has 0 aliphatic heterocycles. The number of aliphatic hydroxyl groups excluding tert-OH is 1. The smallest absolute Gasteiger partial charge is 0.184 e. The van der Waals surface area contributed by atoms with Gasteiger partial charge in [0.1, 0.15) is 23.3 Å². The summed E-state index contributed by atoms with van der Waals surface area (Å²) in [6.07, 6.45) is -1.75. The van der Waals surface area contributed by atoms with Gasteiger partial charge in [0, 0.05) is 17.2 Å². The van der Waals surface area contributed by atoms with Gasteiger partial charge in [0.05, 0.1) is 6.61 Å². The maximum atomic E-state index is 13.3. The second kappa shape index (κ2) is 6.02. The number of aliphatic hydroxyl groups is 1. The molecular weight excluding hydrogens is 276 g/mol. The highest BCUT2D eigenvalue weighted by molar-refractivity contribution is 5.20. The first kappa shape index (κ1) is 14.5. The second-order valence-corrected chi connectivity index (χ2v) is 4.06. The summed E-state index contributed by atoms with van der Waals surface area (Å²) < 4.78 is 57.1. The Morgan fingerprint density at radius 2 is 1.55 bits per heavy atom. The summed E-state index contributed by atoms with van der Waals surface area (Å²) in [5, 5.41) is 9.61. The lowest BCUT2D eigenvalue weighted by molar-refractivity contribution is -0.114. The summed E-state index contributed by atoms with van der Waals surface area (Å²) in [7, 11) is 0. The van der Waals surface area contributed by atoms with Crippen molar-refractivity contribution in [1.29, 1.82) is 0 Å². The van der Waals surface area contributed by atoms with Gasteiger partial charge in [-0.05, 0) is 24.3 Å². The zero-order chi connectivity index (χ0) is 14.7. The average molecular weight is 286 g/mol. The van der Waals surface area contributed by atoms with Crippen LogP contribution in [0.15, 0.2) is 36.4 Å². The number of hydrogen-bond acceptors (Lipinski definition) is 2. The first-order chi connectivity index (χ1) is 9.47. The first-order valence-corrected chi connectivity index (χ1v) is 5.66. The van der Waals surface area contributed by atoms with Crippen LogP contribution in [-0.4, -0.2) is 5.11 Å². The Kier molecular flexibility index (Phi) is 4.36. The van der Waals surface area contributed by atoms with E-state index in [9.17, 15) is 22.7 Å². The van der Waals surface area contributed by atoms with Crippen LogP contribution in [0.3, 0.4) is 0 Å². The van der Waals surface area contributed by atoms with Gasteiger partial charge in [-0.25, -0.2) is 17.6 Å². The molecule has 1 atom stereocenters. The summed E-state index contributed by atoms with van der Waals surface area (Å²) in [5.74, 6) is -3.18. The monoisotopic (exact) mass is 286 g/mol. The molecule has 0 aromatic heterocycles. The predicted octanol–water partition coefficient (Wildman–Crippen LogP) is 3.45. The van der Waals surface area contributed by atoms with Gasteiger partial charge in [-0.2, -0.15) is 0 Å². The summed E-state index contributed by atoms with van der Waals surface area (Å²) in [6.45, 7) is -0.413. The molecule has 2 aromatic rings. The first-order valence-electron chi connectivity index (χ1n) is 5.66. The van der Waals surface area contributed by atoms with Gasteiger partial charge in [-0.15, -0.1) is 0 Å². The summed E-state index contributed by atoms with van der Waals surface area (Å²) >= 11 is 0. The highest BCUT2D eigenvalue weighted by Crippen LogP contribution is 2.21. The van der Waals surface area contributed by atoms with E-state index >= 15 is 0 Å². The van der Waals surface area contributed by atoms with E-state index < -0.39 is 41.7 Å². The Balaban J connectivity index is 2.08. The van der Waals surface area contributed by atoms with Crippen LogP contribution in [-0.2, 0) is 11.3 Å². The van der Waals surface area contributed by atoms with Crippen LogP contribution in [0.1, 0.15) is 17.4 Å². The summed E-state index contributed by atoms with van der Waals surface area (Å²) in [4.78, 5) is 0. The minimum Gasteiger partial charge on any atom is -0.364 e. The quantitative estimate of drug-likeness (QED) is 0.689. The molecule has 1 unspecified atom stereocenters. The van der Waals surface area contributed by atoms with Gasteiger partial charge >= 0.3 is 0 Å². The summed E-state index contributed by atoms with van der Waals surface area (Å²) in [5.41, 5.74) is -0.408. The zero-order valence-corrected chi connectivity index (χ0v) is 10.1. The maximum absolute atomic E-state index is 13.3. The molecule has 0 saturated heterocycles. The molecule has 2 nitrogen and oxygen atoms in total. The predicted molar refractivity (Wildman–Crippen MR) is 62.5 cm³/mol. The van der Waals surface area contributed by atoms with E-state index in [0.717, 1.165) is 30.3 Å². The third-order valence-corrected chi connectivity index (χ3v) is 2.64. The maximum Gasteiger partial charge on any atom is 0.184 e. The molecule has 0 heterocycles. The van der Waals surface area contributed by atoms with Crippen molar-refractivity contribution in [2.75, 3.05) is 0 Å². The van der Waals surface area contributed by atoms with Crippen LogP contribution >= 0.6 is 0 Å².